The van der Waals surface area contributed by atoms with E-state index >= 15 is 0 Å². The third-order valence-electron chi connectivity index (χ3n) is 3.81. The molecule has 0 atom stereocenters. The molecule has 0 fully saturated rings. The average Bonchev–Trinajstić information content (AvgIpc) is 3.08. The van der Waals surface area contributed by atoms with E-state index in [-0.39, 0.29) is 10.6 Å². The van der Waals surface area contributed by atoms with Crippen LogP contribution in [0.2, 0.25) is 5.02 Å². The zero-order valence-corrected chi connectivity index (χ0v) is 17.8. The summed E-state index contributed by atoms with van der Waals surface area (Å²) < 4.78 is 39.4. The minimum atomic E-state index is -4.48. The lowest BCUT2D eigenvalue weighted by atomic mass is 10.1. The molecular formula is C20H13BrClF3N2OS. The number of nitrogens with zero attached hydrogens (tertiary/aromatic N) is 1. The normalized spacial score (nSPS) is 11.8. The van der Waals surface area contributed by atoms with Crippen LogP contribution in [0.5, 0.6) is 0 Å². The van der Waals surface area contributed by atoms with Crippen LogP contribution in [0.3, 0.4) is 0 Å². The zero-order chi connectivity index (χ0) is 21.0. The predicted molar refractivity (Wildman–Crippen MR) is 113 cm³/mol. The van der Waals surface area contributed by atoms with Gasteiger partial charge in [0.1, 0.15) is 0 Å². The molecule has 3 rings (SSSR count). The summed E-state index contributed by atoms with van der Waals surface area (Å²) in [6.45, 7) is 0. The van der Waals surface area contributed by atoms with Crippen LogP contribution in [-0.2, 0) is 17.4 Å². The molecule has 1 N–H and O–H groups in total. The largest absolute Gasteiger partial charge is 0.416 e. The number of nitrogens with one attached hydrogen (secondary N) is 1. The molecule has 0 aliphatic heterocycles. The topological polar surface area (TPSA) is 42.0 Å². The Labute approximate surface area is 182 Å². The SMILES string of the molecule is O=C(/C=C/c1cc(C(F)(F)F)ccc1Cl)Nc1ncc(Cc2ccc(Br)cc2)s1. The average molecular weight is 502 g/mol. The number of carbonyl (C=O) groups is 1. The van der Waals surface area contributed by atoms with Gasteiger partial charge in [0.2, 0.25) is 5.91 Å². The van der Waals surface area contributed by atoms with Gasteiger partial charge < -0.3 is 0 Å². The maximum absolute atomic E-state index is 12.8. The van der Waals surface area contributed by atoms with E-state index < -0.39 is 17.6 Å². The minimum absolute atomic E-state index is 0.103. The summed E-state index contributed by atoms with van der Waals surface area (Å²) in [5.41, 5.74) is 0.375. The summed E-state index contributed by atoms with van der Waals surface area (Å²) in [4.78, 5) is 17.2. The van der Waals surface area contributed by atoms with Crippen LogP contribution in [-0.4, -0.2) is 10.9 Å². The molecule has 1 amide bonds. The first-order valence-corrected chi connectivity index (χ1v) is 10.2. The smallest absolute Gasteiger partial charge is 0.298 e. The van der Waals surface area contributed by atoms with Gasteiger partial charge in [-0.25, -0.2) is 4.98 Å². The molecule has 0 unspecified atom stereocenters. The van der Waals surface area contributed by atoms with Gasteiger partial charge in [-0.15, -0.1) is 11.3 Å². The van der Waals surface area contributed by atoms with Gasteiger partial charge in [-0.1, -0.05) is 39.7 Å². The Morgan fingerprint density at radius 1 is 1.21 bits per heavy atom. The molecule has 0 saturated heterocycles. The van der Waals surface area contributed by atoms with E-state index in [0.717, 1.165) is 39.2 Å². The van der Waals surface area contributed by atoms with Crippen molar-refractivity contribution in [2.75, 3.05) is 5.32 Å². The Bertz CT molecular complexity index is 1050. The van der Waals surface area contributed by atoms with Crippen molar-refractivity contribution in [1.82, 2.24) is 4.98 Å². The molecule has 1 heterocycles. The molecule has 0 aliphatic rings. The van der Waals surface area contributed by atoms with Crippen LogP contribution in [0.1, 0.15) is 21.6 Å². The Hall–Kier alpha value is -2.16. The lowest BCUT2D eigenvalue weighted by molar-refractivity contribution is -0.137. The molecule has 3 aromatic rings. The van der Waals surface area contributed by atoms with Crippen LogP contribution in [0.15, 0.2) is 59.2 Å². The van der Waals surface area contributed by atoms with Crippen molar-refractivity contribution < 1.29 is 18.0 Å². The highest BCUT2D eigenvalue weighted by atomic mass is 79.9. The zero-order valence-electron chi connectivity index (χ0n) is 14.6. The van der Waals surface area contributed by atoms with Gasteiger partial charge in [-0.05, 0) is 47.5 Å². The van der Waals surface area contributed by atoms with Crippen molar-refractivity contribution in [1.29, 1.82) is 0 Å². The third kappa shape index (κ3) is 6.16. The van der Waals surface area contributed by atoms with E-state index in [1.165, 1.54) is 17.4 Å². The number of thiazole rings is 1. The van der Waals surface area contributed by atoms with Crippen molar-refractivity contribution in [3.8, 4) is 0 Å². The number of amides is 1. The number of anilines is 1. The van der Waals surface area contributed by atoms with Crippen molar-refractivity contribution in [3.63, 3.8) is 0 Å². The summed E-state index contributed by atoms with van der Waals surface area (Å²) >= 11 is 10.6. The summed E-state index contributed by atoms with van der Waals surface area (Å²) in [5.74, 6) is -0.511. The van der Waals surface area contributed by atoms with Crippen LogP contribution in [0.4, 0.5) is 18.3 Å². The van der Waals surface area contributed by atoms with Crippen LogP contribution < -0.4 is 5.32 Å². The van der Waals surface area contributed by atoms with Gasteiger partial charge in [0, 0.05) is 33.1 Å². The first-order chi connectivity index (χ1) is 13.7. The summed E-state index contributed by atoms with van der Waals surface area (Å²) in [6.07, 6.45) is 0.230. The fourth-order valence-corrected chi connectivity index (χ4v) is 3.71. The van der Waals surface area contributed by atoms with Crippen LogP contribution in [0.25, 0.3) is 6.08 Å². The number of halogens is 5. The van der Waals surface area contributed by atoms with Crippen molar-refractivity contribution in [2.45, 2.75) is 12.6 Å². The number of alkyl halides is 3. The highest BCUT2D eigenvalue weighted by Gasteiger charge is 2.30. The summed E-state index contributed by atoms with van der Waals surface area (Å²) in [6, 6.07) is 10.8. The maximum atomic E-state index is 12.8. The molecule has 0 saturated carbocycles. The first-order valence-electron chi connectivity index (χ1n) is 8.25. The molecule has 0 spiro atoms. The number of benzene rings is 2. The number of carbonyl (C=O) groups excluding carboxylic acids is 1. The second kappa shape index (κ2) is 9.11. The quantitative estimate of drug-likeness (QED) is 0.390. The van der Waals surface area contributed by atoms with Crippen molar-refractivity contribution >= 4 is 56.0 Å². The molecule has 1 aromatic heterocycles. The standard InChI is InChI=1S/C20H13BrClF3N2OS/c21-15-5-1-12(2-6-15)9-16-11-26-19(29-16)27-18(28)8-3-13-10-14(20(23,24)25)4-7-17(13)22/h1-8,10-11H,9H2,(H,26,27,28)/b8-3+. The Kier molecular flexibility index (Phi) is 6.77. The van der Waals surface area contributed by atoms with E-state index in [9.17, 15) is 18.0 Å². The van der Waals surface area contributed by atoms with Crippen molar-refractivity contribution in [3.05, 3.63) is 85.8 Å². The van der Waals surface area contributed by atoms with E-state index in [4.69, 9.17) is 11.6 Å². The first kappa shape index (κ1) is 21.5. The highest BCUT2D eigenvalue weighted by Crippen LogP contribution is 2.32. The third-order valence-corrected chi connectivity index (χ3v) is 5.60. The van der Waals surface area contributed by atoms with Gasteiger partial charge in [0.25, 0.3) is 0 Å². The predicted octanol–water partition coefficient (Wildman–Crippen LogP) is 6.82. The second-order valence-corrected chi connectivity index (χ2v) is 8.43. The second-order valence-electron chi connectivity index (χ2n) is 5.99. The Morgan fingerprint density at radius 2 is 1.93 bits per heavy atom. The van der Waals surface area contributed by atoms with Crippen LogP contribution in [0, 0.1) is 0 Å². The molecule has 150 valence electrons. The van der Waals surface area contributed by atoms with Crippen LogP contribution >= 0.6 is 38.9 Å². The lowest BCUT2D eigenvalue weighted by Gasteiger charge is -2.08. The van der Waals surface area contributed by atoms with Crippen molar-refractivity contribution in [2.24, 2.45) is 0 Å². The lowest BCUT2D eigenvalue weighted by Crippen LogP contribution is -2.07. The van der Waals surface area contributed by atoms with Gasteiger partial charge >= 0.3 is 6.18 Å². The number of hydrogen-bond donors (Lipinski definition) is 1. The van der Waals surface area contributed by atoms with Gasteiger partial charge in [-0.2, -0.15) is 13.2 Å². The number of hydrogen-bond acceptors (Lipinski definition) is 3. The molecular weight excluding hydrogens is 489 g/mol. The Morgan fingerprint density at radius 3 is 2.62 bits per heavy atom. The van der Waals surface area contributed by atoms with E-state index in [1.54, 1.807) is 6.20 Å². The summed E-state index contributed by atoms with van der Waals surface area (Å²) in [7, 11) is 0. The summed E-state index contributed by atoms with van der Waals surface area (Å²) in [5, 5.41) is 3.12. The van der Waals surface area contributed by atoms with E-state index in [2.05, 4.69) is 26.2 Å². The van der Waals surface area contributed by atoms with Gasteiger partial charge in [0.15, 0.2) is 5.13 Å². The molecule has 9 heteroatoms. The molecule has 0 radical (unpaired) electrons. The molecule has 0 aliphatic carbocycles. The van der Waals surface area contributed by atoms with Gasteiger partial charge in [0.05, 0.1) is 5.56 Å². The molecule has 0 bridgehead atoms. The number of aromatic nitrogens is 1. The fourth-order valence-electron chi connectivity index (χ4n) is 2.41. The molecule has 2 aromatic carbocycles. The highest BCUT2D eigenvalue weighted by molar-refractivity contribution is 9.10. The monoisotopic (exact) mass is 500 g/mol. The molecule has 29 heavy (non-hydrogen) atoms. The number of rotatable bonds is 5. The fraction of sp³-hybridized carbons (Fsp3) is 0.100. The maximum Gasteiger partial charge on any atom is 0.416 e. The minimum Gasteiger partial charge on any atom is -0.298 e. The Balaban J connectivity index is 1.64. The molecule has 3 nitrogen and oxygen atoms in total. The van der Waals surface area contributed by atoms with Gasteiger partial charge in [-0.3, -0.25) is 10.1 Å². The van der Waals surface area contributed by atoms with E-state index in [0.29, 0.717) is 11.6 Å². The van der Waals surface area contributed by atoms with E-state index in [1.807, 2.05) is 24.3 Å².